The molecule has 0 spiro atoms. The Balaban J connectivity index is 1.89. The molecule has 3 nitrogen and oxygen atoms in total. The summed E-state index contributed by atoms with van der Waals surface area (Å²) in [5.41, 5.74) is 2.57. The van der Waals surface area contributed by atoms with Gasteiger partial charge in [0, 0.05) is 17.3 Å². The summed E-state index contributed by atoms with van der Waals surface area (Å²) in [7, 11) is -3.16. The molecular weight excluding hydrogens is 374 g/mol. The van der Waals surface area contributed by atoms with Crippen LogP contribution in [0.1, 0.15) is 36.3 Å². The largest absolute Gasteiger partial charge is 0.213 e. The van der Waals surface area contributed by atoms with E-state index in [0.717, 1.165) is 31.0 Å². The van der Waals surface area contributed by atoms with Gasteiger partial charge in [-0.3, -0.25) is 0 Å². The lowest BCUT2D eigenvalue weighted by Crippen LogP contribution is -2.35. The van der Waals surface area contributed by atoms with E-state index in [1.165, 1.54) is 28.2 Å². The molecule has 1 saturated carbocycles. The van der Waals surface area contributed by atoms with E-state index in [2.05, 4.69) is 57.1 Å². The van der Waals surface area contributed by atoms with Gasteiger partial charge in [0.05, 0.1) is 6.26 Å². The molecule has 0 aliphatic heterocycles. The lowest BCUT2D eigenvalue weighted by molar-refractivity contribution is 0.529. The number of hydrogen-bond acceptors (Lipinski definition) is 2. The number of aryl methyl sites for hydroxylation is 1. The zero-order valence-corrected chi connectivity index (χ0v) is 15.7. The monoisotopic (exact) mass is 395 g/mol. The number of halogens is 1. The number of nitrogens with one attached hydrogen (secondary N) is 1. The number of fused-ring (bicyclic) bond motifs is 1. The highest BCUT2D eigenvalue weighted by molar-refractivity contribution is 9.09. The van der Waals surface area contributed by atoms with Crippen molar-refractivity contribution in [1.82, 2.24) is 4.72 Å². The Morgan fingerprint density at radius 3 is 2.61 bits per heavy atom. The van der Waals surface area contributed by atoms with Crippen molar-refractivity contribution >= 4 is 36.7 Å². The van der Waals surface area contributed by atoms with Crippen LogP contribution in [0.5, 0.6) is 0 Å². The second-order valence-corrected chi connectivity index (χ2v) is 8.99. The second kappa shape index (κ2) is 6.91. The van der Waals surface area contributed by atoms with Gasteiger partial charge in [-0.1, -0.05) is 58.7 Å². The summed E-state index contributed by atoms with van der Waals surface area (Å²) in [5, 5.41) is 3.45. The van der Waals surface area contributed by atoms with Gasteiger partial charge in [0.1, 0.15) is 0 Å². The fourth-order valence-corrected chi connectivity index (χ4v) is 4.87. The molecule has 23 heavy (non-hydrogen) atoms. The lowest BCUT2D eigenvalue weighted by atomic mass is 9.92. The normalized spacial score (nSPS) is 21.8. The van der Waals surface area contributed by atoms with Crippen LogP contribution in [-0.4, -0.2) is 26.0 Å². The van der Waals surface area contributed by atoms with E-state index in [-0.39, 0.29) is 12.0 Å². The van der Waals surface area contributed by atoms with Crippen molar-refractivity contribution in [2.24, 2.45) is 0 Å². The highest BCUT2D eigenvalue weighted by atomic mass is 79.9. The van der Waals surface area contributed by atoms with Gasteiger partial charge in [0.2, 0.25) is 10.0 Å². The summed E-state index contributed by atoms with van der Waals surface area (Å²) >= 11 is 3.48. The molecule has 0 saturated heterocycles. The van der Waals surface area contributed by atoms with Crippen molar-refractivity contribution in [2.45, 2.75) is 37.6 Å². The van der Waals surface area contributed by atoms with Crippen LogP contribution in [-0.2, 0) is 16.4 Å². The maximum atomic E-state index is 11.6. The van der Waals surface area contributed by atoms with Crippen LogP contribution in [0.15, 0.2) is 36.4 Å². The molecule has 1 fully saturated rings. The minimum Gasteiger partial charge on any atom is -0.213 e. The third-order valence-corrected chi connectivity index (χ3v) is 5.75. The zero-order chi connectivity index (χ0) is 16.4. The van der Waals surface area contributed by atoms with Crippen LogP contribution >= 0.6 is 15.9 Å². The van der Waals surface area contributed by atoms with Crippen molar-refractivity contribution in [2.75, 3.05) is 11.6 Å². The summed E-state index contributed by atoms with van der Waals surface area (Å²) in [6, 6.07) is 13.2. The average Bonchev–Trinajstić information content (AvgIpc) is 2.93. The SMILES string of the molecule is CS(=O)(=O)NC1CCCC1c1ccc2cc(CCBr)ccc2c1. The highest BCUT2D eigenvalue weighted by Crippen LogP contribution is 2.36. The first-order valence-corrected chi connectivity index (χ1v) is 11.0. The van der Waals surface area contributed by atoms with Gasteiger partial charge in [-0.15, -0.1) is 0 Å². The first-order valence-electron chi connectivity index (χ1n) is 8.02. The summed E-state index contributed by atoms with van der Waals surface area (Å²) in [5.74, 6) is 0.274. The smallest absolute Gasteiger partial charge is 0.208 e. The number of sulfonamides is 1. The van der Waals surface area contributed by atoms with E-state index < -0.39 is 10.0 Å². The van der Waals surface area contributed by atoms with Crippen molar-refractivity contribution in [3.05, 3.63) is 47.5 Å². The zero-order valence-electron chi connectivity index (χ0n) is 13.3. The first kappa shape index (κ1) is 16.9. The van der Waals surface area contributed by atoms with Gasteiger partial charge in [0.25, 0.3) is 0 Å². The van der Waals surface area contributed by atoms with Crippen LogP contribution in [0, 0.1) is 0 Å². The lowest BCUT2D eigenvalue weighted by Gasteiger charge is -2.21. The minimum atomic E-state index is -3.16. The first-order chi connectivity index (χ1) is 11.0. The Kier molecular flexibility index (Phi) is 5.09. The van der Waals surface area contributed by atoms with E-state index >= 15 is 0 Å². The minimum absolute atomic E-state index is 0.0233. The number of benzene rings is 2. The molecule has 3 rings (SSSR count). The predicted octanol–water partition coefficient (Wildman–Crippen LogP) is 3.96. The Bertz CT molecular complexity index is 804. The summed E-state index contributed by atoms with van der Waals surface area (Å²) in [6.45, 7) is 0. The Hall–Kier alpha value is -0.910. The number of hydrogen-bond donors (Lipinski definition) is 1. The topological polar surface area (TPSA) is 46.2 Å². The molecule has 5 heteroatoms. The van der Waals surface area contributed by atoms with Crippen LogP contribution in [0.25, 0.3) is 10.8 Å². The summed E-state index contributed by atoms with van der Waals surface area (Å²) in [6.07, 6.45) is 5.30. The van der Waals surface area contributed by atoms with Gasteiger partial charge in [-0.2, -0.15) is 0 Å². The third-order valence-electron chi connectivity index (χ3n) is 4.62. The van der Waals surface area contributed by atoms with E-state index in [1.54, 1.807) is 0 Å². The summed E-state index contributed by atoms with van der Waals surface area (Å²) < 4.78 is 25.9. The quantitative estimate of drug-likeness (QED) is 0.778. The molecule has 1 aliphatic carbocycles. The van der Waals surface area contributed by atoms with Crippen molar-refractivity contribution < 1.29 is 8.42 Å². The highest BCUT2D eigenvalue weighted by Gasteiger charge is 2.30. The molecule has 0 aromatic heterocycles. The van der Waals surface area contributed by atoms with E-state index in [0.29, 0.717) is 0 Å². The predicted molar refractivity (Wildman–Crippen MR) is 99.8 cm³/mol. The molecule has 2 unspecified atom stereocenters. The molecule has 0 heterocycles. The van der Waals surface area contributed by atoms with Gasteiger partial charge in [-0.25, -0.2) is 13.1 Å². The molecule has 0 radical (unpaired) electrons. The average molecular weight is 396 g/mol. The van der Waals surface area contributed by atoms with Gasteiger partial charge < -0.3 is 0 Å². The third kappa shape index (κ3) is 4.14. The maximum Gasteiger partial charge on any atom is 0.208 e. The van der Waals surface area contributed by atoms with Gasteiger partial charge in [0.15, 0.2) is 0 Å². The molecule has 2 aromatic carbocycles. The molecule has 124 valence electrons. The molecule has 0 amide bonds. The van der Waals surface area contributed by atoms with E-state index in [4.69, 9.17) is 0 Å². The molecule has 1 aliphatic rings. The number of rotatable bonds is 5. The van der Waals surface area contributed by atoms with Crippen molar-refractivity contribution in [1.29, 1.82) is 0 Å². The summed E-state index contributed by atoms with van der Waals surface area (Å²) in [4.78, 5) is 0. The maximum absolute atomic E-state index is 11.6. The number of alkyl halides is 1. The molecule has 0 bridgehead atoms. The molecule has 2 atom stereocenters. The fourth-order valence-electron chi connectivity index (χ4n) is 3.58. The van der Waals surface area contributed by atoms with Crippen molar-refractivity contribution in [3.63, 3.8) is 0 Å². The standard InChI is InChI=1S/C18H22BrNO2S/c1-23(21,22)20-18-4-2-3-17(18)16-8-7-14-11-13(9-10-19)5-6-15(14)12-16/h5-8,11-12,17-18,20H,2-4,9-10H2,1H3. The van der Waals surface area contributed by atoms with E-state index in [9.17, 15) is 8.42 Å². The van der Waals surface area contributed by atoms with Crippen LogP contribution in [0.4, 0.5) is 0 Å². The van der Waals surface area contributed by atoms with Crippen molar-refractivity contribution in [3.8, 4) is 0 Å². The van der Waals surface area contributed by atoms with Crippen LogP contribution in [0.2, 0.25) is 0 Å². The van der Waals surface area contributed by atoms with Gasteiger partial charge in [-0.05, 0) is 41.2 Å². The van der Waals surface area contributed by atoms with Crippen LogP contribution in [0.3, 0.4) is 0 Å². The molecule has 2 aromatic rings. The molecular formula is C18H22BrNO2S. The Morgan fingerprint density at radius 2 is 1.87 bits per heavy atom. The van der Waals surface area contributed by atoms with Gasteiger partial charge >= 0.3 is 0 Å². The van der Waals surface area contributed by atoms with Crippen LogP contribution < -0.4 is 4.72 Å². The Morgan fingerprint density at radius 1 is 1.13 bits per heavy atom. The fraction of sp³-hybridized carbons (Fsp3) is 0.444. The Labute approximate surface area is 146 Å². The molecule has 1 N–H and O–H groups in total. The second-order valence-electron chi connectivity index (χ2n) is 6.41. The van der Waals surface area contributed by atoms with E-state index in [1.807, 2.05) is 0 Å².